The quantitative estimate of drug-likeness (QED) is 0.433. The van der Waals surface area contributed by atoms with Crippen molar-refractivity contribution in [1.29, 1.82) is 0 Å². The van der Waals surface area contributed by atoms with E-state index < -0.39 is 16.5 Å². The zero-order valence-corrected chi connectivity index (χ0v) is 16.5. The topological polar surface area (TPSA) is 0 Å². The number of halogens is 2. The molecule has 0 nitrogen and oxygen atoms in total. The first-order chi connectivity index (χ1) is 9.02. The Bertz CT molecular complexity index is 316. The van der Waals surface area contributed by atoms with Crippen molar-refractivity contribution in [1.82, 2.24) is 0 Å². The van der Waals surface area contributed by atoms with Gasteiger partial charge in [0.2, 0.25) is 0 Å². The summed E-state index contributed by atoms with van der Waals surface area (Å²) in [6.45, 7) is 8.77. The Morgan fingerprint density at radius 2 is 1.21 bits per heavy atom. The summed E-state index contributed by atoms with van der Waals surface area (Å²) in [5.41, 5.74) is 2.73. The van der Waals surface area contributed by atoms with E-state index in [9.17, 15) is 0 Å². The molecule has 3 heteroatoms. The molecule has 0 amide bonds. The van der Waals surface area contributed by atoms with Crippen LogP contribution in [0.15, 0.2) is 35.5 Å². The first kappa shape index (κ1) is 19.2. The molecule has 0 aromatic heterocycles. The summed E-state index contributed by atoms with van der Waals surface area (Å²) in [6.07, 6.45) is 17.2. The fourth-order valence-corrected chi connectivity index (χ4v) is 1.64. The third-order valence-electron chi connectivity index (χ3n) is 2.69. The van der Waals surface area contributed by atoms with Crippen molar-refractivity contribution in [3.05, 3.63) is 47.6 Å². The summed E-state index contributed by atoms with van der Waals surface area (Å²) >= 11 is -0.806. The molecule has 0 fully saturated rings. The van der Waals surface area contributed by atoms with Crippen molar-refractivity contribution >= 4 is 18.8 Å². The molecule has 0 aromatic rings. The summed E-state index contributed by atoms with van der Waals surface area (Å²) in [7, 11) is 9.86. The van der Waals surface area contributed by atoms with Gasteiger partial charge < -0.3 is 0 Å². The molecule has 0 bridgehead atoms. The molecule has 0 heterocycles. The summed E-state index contributed by atoms with van der Waals surface area (Å²) in [5, 5.41) is 0. The normalized spacial score (nSPS) is 15.8. The van der Waals surface area contributed by atoms with Gasteiger partial charge in [0.25, 0.3) is 0 Å². The van der Waals surface area contributed by atoms with Crippen LogP contribution in [0.1, 0.15) is 40.5 Å². The third-order valence-corrected chi connectivity index (χ3v) is 2.69. The van der Waals surface area contributed by atoms with E-state index in [1.807, 2.05) is 0 Å². The Labute approximate surface area is 135 Å². The number of rotatable bonds is 2. The van der Waals surface area contributed by atoms with Gasteiger partial charge in [0.1, 0.15) is 0 Å². The molecule has 19 heavy (non-hydrogen) atoms. The number of hydrogen-bond donors (Lipinski definition) is 0. The van der Waals surface area contributed by atoms with Crippen molar-refractivity contribution in [2.24, 2.45) is 11.8 Å². The molecule has 0 aromatic carbocycles. The van der Waals surface area contributed by atoms with Gasteiger partial charge in [-0.25, -0.2) is 23.3 Å². The second kappa shape index (κ2) is 12.0. The standard InChI is InChI=1S/2C8H11.2ClH.W/c2*1-7(2)8-5-3-4-6-8;;;/h2*3,5,7H,4H2,1-2H3;2*1H;/q2*-1;;;+2/p-2. The zero-order valence-electron chi connectivity index (χ0n) is 12.0. The Morgan fingerprint density at radius 3 is 1.32 bits per heavy atom. The molecule has 0 spiro atoms. The van der Waals surface area contributed by atoms with E-state index in [4.69, 9.17) is 18.8 Å². The van der Waals surface area contributed by atoms with Gasteiger partial charge in [-0.2, -0.15) is 12.2 Å². The third kappa shape index (κ3) is 9.72. The minimum absolute atomic E-state index is 0.661. The van der Waals surface area contributed by atoms with E-state index in [1.54, 1.807) is 0 Å². The van der Waals surface area contributed by atoms with Crippen LogP contribution in [-0.2, 0) is 16.5 Å². The van der Waals surface area contributed by atoms with Crippen LogP contribution in [0.3, 0.4) is 0 Å². The van der Waals surface area contributed by atoms with Crippen molar-refractivity contribution in [2.75, 3.05) is 0 Å². The van der Waals surface area contributed by atoms with Crippen LogP contribution >= 0.6 is 18.8 Å². The number of hydrogen-bond acceptors (Lipinski definition) is 0. The monoisotopic (exact) mass is 468 g/mol. The molecular formula is C16H22Cl2W-2. The Kier molecular flexibility index (Phi) is 12.2. The first-order valence-corrected chi connectivity index (χ1v) is 13.7. The van der Waals surface area contributed by atoms with Crippen molar-refractivity contribution in [3.63, 3.8) is 0 Å². The molecule has 0 unspecified atom stereocenters. The van der Waals surface area contributed by atoms with E-state index in [-0.39, 0.29) is 0 Å². The maximum atomic E-state index is 4.93. The van der Waals surface area contributed by atoms with Crippen LogP contribution in [0.2, 0.25) is 0 Å². The van der Waals surface area contributed by atoms with Gasteiger partial charge >= 0.3 is 35.3 Å². The van der Waals surface area contributed by atoms with E-state index in [0.29, 0.717) is 11.8 Å². The molecule has 0 saturated carbocycles. The van der Waals surface area contributed by atoms with Gasteiger partial charge in [0.05, 0.1) is 0 Å². The van der Waals surface area contributed by atoms with Gasteiger partial charge in [-0.15, -0.1) is 12.8 Å². The molecule has 0 saturated heterocycles. The van der Waals surface area contributed by atoms with Crippen LogP contribution in [-0.4, -0.2) is 0 Å². The summed E-state index contributed by atoms with van der Waals surface area (Å²) in [5.74, 6) is 1.32. The second-order valence-corrected chi connectivity index (χ2v) is 9.08. The molecule has 108 valence electrons. The van der Waals surface area contributed by atoms with E-state index >= 15 is 0 Å². The van der Waals surface area contributed by atoms with Crippen molar-refractivity contribution in [2.45, 2.75) is 40.5 Å². The molecule has 2 aliphatic rings. The van der Waals surface area contributed by atoms with Crippen molar-refractivity contribution in [3.8, 4) is 0 Å². The average molecular weight is 469 g/mol. The van der Waals surface area contributed by atoms with Gasteiger partial charge in [-0.1, -0.05) is 39.5 Å². The van der Waals surface area contributed by atoms with Crippen LogP contribution in [0.25, 0.3) is 0 Å². The maximum absolute atomic E-state index is 4.93. The van der Waals surface area contributed by atoms with Crippen LogP contribution < -0.4 is 0 Å². The molecule has 0 atom stereocenters. The van der Waals surface area contributed by atoms with Crippen molar-refractivity contribution < 1.29 is 16.5 Å². The van der Waals surface area contributed by atoms with Gasteiger partial charge in [0.15, 0.2) is 0 Å². The van der Waals surface area contributed by atoms with E-state index in [0.717, 1.165) is 12.8 Å². The van der Waals surface area contributed by atoms with Gasteiger partial charge in [-0.05, 0) is 0 Å². The SMILES string of the molecule is CC(C)C1=[C-]CC=C1.CC(C)C1=[C-]CC=C1.[Cl][W][Cl]. The molecular weight excluding hydrogens is 447 g/mol. The van der Waals surface area contributed by atoms with E-state index in [1.165, 1.54) is 11.1 Å². The Balaban J connectivity index is 0.000000284. The van der Waals surface area contributed by atoms with E-state index in [2.05, 4.69) is 64.2 Å². The summed E-state index contributed by atoms with van der Waals surface area (Å²) in [4.78, 5) is 0. The molecule has 0 radical (unpaired) electrons. The molecule has 0 aliphatic heterocycles. The Morgan fingerprint density at radius 1 is 0.895 bits per heavy atom. The zero-order chi connectivity index (χ0) is 14.7. The molecule has 2 aliphatic carbocycles. The number of allylic oxidation sites excluding steroid dienone is 8. The molecule has 0 N–H and O–H groups in total. The van der Waals surface area contributed by atoms with Gasteiger partial charge in [-0.3, -0.25) is 12.2 Å². The molecule has 2 rings (SSSR count). The summed E-state index contributed by atoms with van der Waals surface area (Å²) < 4.78 is 0. The minimum atomic E-state index is -0.806. The van der Waals surface area contributed by atoms with Gasteiger partial charge in [0, 0.05) is 0 Å². The van der Waals surface area contributed by atoms with Crippen LogP contribution in [0.5, 0.6) is 0 Å². The van der Waals surface area contributed by atoms with Crippen LogP contribution in [0.4, 0.5) is 0 Å². The predicted octanol–water partition coefficient (Wildman–Crippen LogP) is 6.04. The van der Waals surface area contributed by atoms with Crippen LogP contribution in [0, 0.1) is 24.0 Å². The predicted molar refractivity (Wildman–Crippen MR) is 82.4 cm³/mol. The summed E-state index contributed by atoms with van der Waals surface area (Å²) in [6, 6.07) is 0. The first-order valence-electron chi connectivity index (χ1n) is 6.46. The fraction of sp³-hybridized carbons (Fsp3) is 0.500. The fourth-order valence-electron chi connectivity index (χ4n) is 1.64. The average Bonchev–Trinajstić information content (AvgIpc) is 3.05. The second-order valence-electron chi connectivity index (χ2n) is 4.84. The Hall–Kier alpha value is 0.228.